The Morgan fingerprint density at radius 2 is 1.94 bits per heavy atom. The molecule has 3 nitrogen and oxygen atoms in total. The van der Waals surface area contributed by atoms with Crippen molar-refractivity contribution in [3.05, 3.63) is 33.8 Å². The van der Waals surface area contributed by atoms with Crippen molar-refractivity contribution in [1.29, 1.82) is 0 Å². The van der Waals surface area contributed by atoms with E-state index >= 15 is 0 Å². The van der Waals surface area contributed by atoms with Crippen molar-refractivity contribution >= 4 is 46.6 Å². The predicted molar refractivity (Wildman–Crippen MR) is 62.1 cm³/mol. The van der Waals surface area contributed by atoms with Gasteiger partial charge >= 0.3 is 5.97 Å². The van der Waals surface area contributed by atoms with E-state index in [2.05, 4.69) is 4.74 Å². The number of methoxy groups -OCH3 is 1. The molecule has 1 unspecified atom stereocenters. The van der Waals surface area contributed by atoms with Gasteiger partial charge in [-0.25, -0.2) is 4.79 Å². The summed E-state index contributed by atoms with van der Waals surface area (Å²) >= 11 is 17.3. The van der Waals surface area contributed by atoms with E-state index in [0.29, 0.717) is 10.6 Å². The normalized spacial score (nSPS) is 12.0. The van der Waals surface area contributed by atoms with E-state index in [0.717, 1.165) is 7.11 Å². The number of alkyl halides is 1. The number of ketones is 1. The highest BCUT2D eigenvalue weighted by atomic mass is 35.5. The van der Waals surface area contributed by atoms with Crippen molar-refractivity contribution in [2.24, 2.45) is 0 Å². The number of esters is 1. The van der Waals surface area contributed by atoms with Gasteiger partial charge in [-0.1, -0.05) is 29.3 Å². The quantitative estimate of drug-likeness (QED) is 0.486. The third-order valence-electron chi connectivity index (χ3n) is 1.85. The first-order chi connectivity index (χ1) is 7.47. The highest BCUT2D eigenvalue weighted by molar-refractivity contribution is 6.48. The van der Waals surface area contributed by atoms with E-state index in [1.165, 1.54) is 18.2 Å². The average molecular weight is 282 g/mol. The Morgan fingerprint density at radius 1 is 1.31 bits per heavy atom. The molecule has 86 valence electrons. The fourth-order valence-corrected chi connectivity index (χ4v) is 1.91. The van der Waals surface area contributed by atoms with Crippen LogP contribution in [0.1, 0.15) is 10.9 Å². The minimum Gasteiger partial charge on any atom is -0.463 e. The van der Waals surface area contributed by atoms with Crippen LogP contribution in [0.2, 0.25) is 10.0 Å². The SMILES string of the molecule is COC(=O)C(=O)C(Cl)c1ccc(Cl)cc1Cl. The molecule has 0 spiro atoms. The molecule has 1 aromatic carbocycles. The number of benzene rings is 1. The fraction of sp³-hybridized carbons (Fsp3) is 0.200. The van der Waals surface area contributed by atoms with Gasteiger partial charge in [0.2, 0.25) is 0 Å². The molecule has 0 fully saturated rings. The number of halogens is 3. The summed E-state index contributed by atoms with van der Waals surface area (Å²) in [6.07, 6.45) is 0. The van der Waals surface area contributed by atoms with Crippen LogP contribution in [0.15, 0.2) is 18.2 Å². The molecule has 1 atom stereocenters. The van der Waals surface area contributed by atoms with Gasteiger partial charge in [0.15, 0.2) is 0 Å². The van der Waals surface area contributed by atoms with Crippen LogP contribution in [-0.2, 0) is 14.3 Å². The average Bonchev–Trinajstić information content (AvgIpc) is 2.26. The van der Waals surface area contributed by atoms with Crippen LogP contribution in [0.25, 0.3) is 0 Å². The summed E-state index contributed by atoms with van der Waals surface area (Å²) in [5, 5.41) is -0.523. The van der Waals surface area contributed by atoms with E-state index in [1.807, 2.05) is 0 Å². The molecule has 0 aromatic heterocycles. The minimum absolute atomic E-state index is 0.227. The van der Waals surface area contributed by atoms with Crippen LogP contribution >= 0.6 is 34.8 Å². The standard InChI is InChI=1S/C10H7Cl3O3/c1-16-10(15)9(14)8(13)6-3-2-5(11)4-7(6)12/h2-4,8H,1H3. The van der Waals surface area contributed by atoms with Crippen LogP contribution in [0.4, 0.5) is 0 Å². The lowest BCUT2D eigenvalue weighted by Crippen LogP contribution is -2.20. The lowest BCUT2D eigenvalue weighted by Gasteiger charge is -2.09. The maximum absolute atomic E-state index is 11.4. The molecule has 0 radical (unpaired) electrons. The summed E-state index contributed by atoms with van der Waals surface area (Å²) in [5.74, 6) is -1.88. The van der Waals surface area contributed by atoms with E-state index in [4.69, 9.17) is 34.8 Å². The van der Waals surface area contributed by atoms with Gasteiger partial charge < -0.3 is 4.74 Å². The lowest BCUT2D eigenvalue weighted by atomic mass is 10.1. The number of rotatable bonds is 3. The molecule has 6 heteroatoms. The Hall–Kier alpha value is -0.770. The third kappa shape index (κ3) is 2.88. The summed E-state index contributed by atoms with van der Waals surface area (Å²) < 4.78 is 4.28. The molecule has 0 amide bonds. The molecule has 0 saturated carbocycles. The number of hydrogen-bond acceptors (Lipinski definition) is 3. The van der Waals surface area contributed by atoms with Gasteiger partial charge in [-0.05, 0) is 17.7 Å². The molecular formula is C10H7Cl3O3. The number of Topliss-reactive ketones (excluding diaryl/α,β-unsaturated/α-hetero) is 1. The summed E-state index contributed by atoms with van der Waals surface area (Å²) in [7, 11) is 1.10. The molecule has 16 heavy (non-hydrogen) atoms. The van der Waals surface area contributed by atoms with E-state index < -0.39 is 17.1 Å². The number of hydrogen-bond donors (Lipinski definition) is 0. The zero-order valence-electron chi connectivity index (χ0n) is 8.17. The van der Waals surface area contributed by atoms with Crippen molar-refractivity contribution in [3.63, 3.8) is 0 Å². The van der Waals surface area contributed by atoms with Crippen molar-refractivity contribution in [2.45, 2.75) is 5.38 Å². The van der Waals surface area contributed by atoms with Gasteiger partial charge in [-0.2, -0.15) is 0 Å². The molecule has 0 aliphatic heterocycles. The summed E-state index contributed by atoms with van der Waals surface area (Å²) in [5.41, 5.74) is 0.322. The van der Waals surface area contributed by atoms with Crippen LogP contribution < -0.4 is 0 Å². The van der Waals surface area contributed by atoms with Gasteiger partial charge in [0.1, 0.15) is 5.38 Å². The Kier molecular flexibility index (Phi) is 4.59. The van der Waals surface area contributed by atoms with Crippen LogP contribution in [0.3, 0.4) is 0 Å². The van der Waals surface area contributed by atoms with Crippen molar-refractivity contribution in [1.82, 2.24) is 0 Å². The Bertz CT molecular complexity index is 431. The second-order valence-electron chi connectivity index (χ2n) is 2.88. The molecule has 0 heterocycles. The molecular weight excluding hydrogens is 274 g/mol. The molecule has 1 rings (SSSR count). The van der Waals surface area contributed by atoms with Crippen molar-refractivity contribution in [3.8, 4) is 0 Å². The number of carbonyl (C=O) groups excluding carboxylic acids is 2. The van der Waals surface area contributed by atoms with Gasteiger partial charge in [-0.3, -0.25) is 4.79 Å². The van der Waals surface area contributed by atoms with Crippen molar-refractivity contribution < 1.29 is 14.3 Å². The molecule has 0 aliphatic carbocycles. The first-order valence-electron chi connectivity index (χ1n) is 4.18. The smallest absolute Gasteiger partial charge is 0.376 e. The van der Waals surface area contributed by atoms with Crippen LogP contribution in [-0.4, -0.2) is 18.9 Å². The maximum Gasteiger partial charge on any atom is 0.376 e. The largest absolute Gasteiger partial charge is 0.463 e. The second-order valence-corrected chi connectivity index (χ2v) is 4.16. The number of ether oxygens (including phenoxy) is 1. The Morgan fingerprint density at radius 3 is 2.44 bits per heavy atom. The highest BCUT2D eigenvalue weighted by Crippen LogP contribution is 2.30. The monoisotopic (exact) mass is 280 g/mol. The first kappa shape index (κ1) is 13.3. The predicted octanol–water partition coefficient (Wildman–Crippen LogP) is 3.02. The van der Waals surface area contributed by atoms with Crippen LogP contribution in [0.5, 0.6) is 0 Å². The maximum atomic E-state index is 11.4. The third-order valence-corrected chi connectivity index (χ3v) is 2.85. The first-order valence-corrected chi connectivity index (χ1v) is 5.37. The second kappa shape index (κ2) is 5.53. The van der Waals surface area contributed by atoms with Gasteiger partial charge in [0.25, 0.3) is 5.78 Å². The van der Waals surface area contributed by atoms with Crippen molar-refractivity contribution in [2.75, 3.05) is 7.11 Å². The Balaban J connectivity index is 3.01. The zero-order chi connectivity index (χ0) is 12.3. The molecule has 0 aliphatic rings. The minimum atomic E-state index is -1.17. The summed E-state index contributed by atoms with van der Waals surface area (Å²) in [4.78, 5) is 22.4. The fourth-order valence-electron chi connectivity index (χ4n) is 1.05. The topological polar surface area (TPSA) is 43.4 Å². The van der Waals surface area contributed by atoms with E-state index in [1.54, 1.807) is 0 Å². The molecule has 0 N–H and O–H groups in total. The molecule has 0 bridgehead atoms. The van der Waals surface area contributed by atoms with E-state index in [-0.39, 0.29) is 5.02 Å². The van der Waals surface area contributed by atoms with E-state index in [9.17, 15) is 9.59 Å². The molecule has 1 aromatic rings. The van der Waals surface area contributed by atoms with Gasteiger partial charge in [-0.15, -0.1) is 11.6 Å². The zero-order valence-corrected chi connectivity index (χ0v) is 10.4. The Labute approximate surface area is 107 Å². The van der Waals surface area contributed by atoms with Gasteiger partial charge in [0.05, 0.1) is 7.11 Å². The highest BCUT2D eigenvalue weighted by Gasteiger charge is 2.27. The summed E-state index contributed by atoms with van der Waals surface area (Å²) in [6.45, 7) is 0. The molecule has 0 saturated heterocycles. The van der Waals surface area contributed by atoms with Crippen LogP contribution in [0, 0.1) is 0 Å². The number of carbonyl (C=O) groups is 2. The van der Waals surface area contributed by atoms with Gasteiger partial charge in [0, 0.05) is 10.0 Å². The summed E-state index contributed by atoms with van der Waals surface area (Å²) in [6, 6.07) is 4.46. The lowest BCUT2D eigenvalue weighted by molar-refractivity contribution is -0.151.